The number of hydrogen-bond donors (Lipinski definition) is 1. The molecule has 4 heteroatoms. The molecule has 0 spiro atoms. The van der Waals surface area contributed by atoms with Gasteiger partial charge in [-0.15, -0.1) is 0 Å². The van der Waals surface area contributed by atoms with Crippen molar-refractivity contribution in [3.05, 3.63) is 27.7 Å². The van der Waals surface area contributed by atoms with Crippen molar-refractivity contribution < 1.29 is 9.53 Å². The molecule has 0 aliphatic heterocycles. The Morgan fingerprint density at radius 2 is 1.94 bits per heavy atom. The first-order valence-electron chi connectivity index (χ1n) is 6.21. The van der Waals surface area contributed by atoms with E-state index >= 15 is 0 Å². The smallest absolute Gasteiger partial charge is 0.260 e. The van der Waals surface area contributed by atoms with E-state index in [-0.39, 0.29) is 5.91 Å². The van der Waals surface area contributed by atoms with Gasteiger partial charge in [0.15, 0.2) is 6.10 Å². The van der Waals surface area contributed by atoms with Crippen LogP contribution < -0.4 is 10.1 Å². The number of carbonyl (C=O) groups is 1. The van der Waals surface area contributed by atoms with Crippen LogP contribution in [-0.2, 0) is 4.79 Å². The van der Waals surface area contributed by atoms with E-state index in [9.17, 15) is 4.79 Å². The molecular formula is C14H18BrNO2. The average molecular weight is 312 g/mol. The number of ether oxygens (including phenoxy) is 1. The summed E-state index contributed by atoms with van der Waals surface area (Å²) in [5.74, 6) is 0.711. The third kappa shape index (κ3) is 3.25. The van der Waals surface area contributed by atoms with Crippen LogP contribution in [0.4, 0.5) is 0 Å². The van der Waals surface area contributed by atoms with Crippen LogP contribution >= 0.6 is 15.9 Å². The van der Waals surface area contributed by atoms with Gasteiger partial charge in [0.25, 0.3) is 5.91 Å². The van der Waals surface area contributed by atoms with E-state index in [2.05, 4.69) is 21.2 Å². The average Bonchev–Trinajstić information content (AvgIpc) is 3.09. The Bertz CT molecular complexity index is 446. The molecule has 0 radical (unpaired) electrons. The van der Waals surface area contributed by atoms with Crippen LogP contribution in [-0.4, -0.2) is 18.1 Å². The van der Waals surface area contributed by atoms with Crippen molar-refractivity contribution in [1.82, 2.24) is 5.32 Å². The standard InChI is InChI=1S/C14H18BrNO2/c1-8-6-12(7-9(2)13(8)15)18-10(3)14(17)16-11-4-5-11/h6-7,10-11H,4-5H2,1-3H3,(H,16,17). The molecule has 0 bridgehead atoms. The predicted molar refractivity (Wildman–Crippen MR) is 74.9 cm³/mol. The van der Waals surface area contributed by atoms with Crippen LogP contribution in [0, 0.1) is 13.8 Å². The molecule has 1 aliphatic rings. The molecule has 0 aromatic heterocycles. The fourth-order valence-corrected chi connectivity index (χ4v) is 2.01. The lowest BCUT2D eigenvalue weighted by molar-refractivity contribution is -0.127. The predicted octanol–water partition coefficient (Wildman–Crippen LogP) is 3.11. The summed E-state index contributed by atoms with van der Waals surface area (Å²) < 4.78 is 6.78. The summed E-state index contributed by atoms with van der Waals surface area (Å²) in [4.78, 5) is 11.8. The zero-order chi connectivity index (χ0) is 13.3. The minimum absolute atomic E-state index is 0.0317. The molecule has 0 heterocycles. The normalized spacial score (nSPS) is 16.2. The molecule has 18 heavy (non-hydrogen) atoms. The number of benzene rings is 1. The van der Waals surface area contributed by atoms with Gasteiger partial charge < -0.3 is 10.1 Å². The van der Waals surface area contributed by atoms with E-state index in [0.29, 0.717) is 6.04 Å². The minimum Gasteiger partial charge on any atom is -0.481 e. The Balaban J connectivity index is 2.01. The minimum atomic E-state index is -0.453. The molecule has 1 amide bonds. The molecule has 1 aliphatic carbocycles. The molecular weight excluding hydrogens is 294 g/mol. The number of nitrogens with one attached hydrogen (secondary N) is 1. The van der Waals surface area contributed by atoms with Crippen LogP contribution in [0.2, 0.25) is 0 Å². The summed E-state index contributed by atoms with van der Waals surface area (Å²) >= 11 is 3.51. The SMILES string of the molecule is Cc1cc(OC(C)C(=O)NC2CC2)cc(C)c1Br. The fraction of sp³-hybridized carbons (Fsp3) is 0.500. The topological polar surface area (TPSA) is 38.3 Å². The molecule has 1 atom stereocenters. The van der Waals surface area contributed by atoms with Gasteiger partial charge in [0.2, 0.25) is 0 Å². The molecule has 1 aromatic carbocycles. The first kappa shape index (κ1) is 13.4. The summed E-state index contributed by atoms with van der Waals surface area (Å²) in [5, 5.41) is 2.94. The quantitative estimate of drug-likeness (QED) is 0.928. The summed E-state index contributed by atoms with van der Waals surface area (Å²) in [5.41, 5.74) is 2.22. The highest BCUT2D eigenvalue weighted by molar-refractivity contribution is 9.10. The lowest BCUT2D eigenvalue weighted by Crippen LogP contribution is -2.37. The van der Waals surface area contributed by atoms with Gasteiger partial charge in [0.1, 0.15) is 5.75 Å². The maximum absolute atomic E-state index is 11.8. The lowest BCUT2D eigenvalue weighted by Gasteiger charge is -2.16. The van der Waals surface area contributed by atoms with Gasteiger partial charge in [0, 0.05) is 10.5 Å². The number of halogens is 1. The monoisotopic (exact) mass is 311 g/mol. The second-order valence-electron chi connectivity index (χ2n) is 4.91. The molecule has 1 saturated carbocycles. The van der Waals surface area contributed by atoms with Gasteiger partial charge in [-0.05, 0) is 56.9 Å². The summed E-state index contributed by atoms with van der Waals surface area (Å²) in [6.45, 7) is 5.81. The van der Waals surface area contributed by atoms with Crippen LogP contribution in [0.5, 0.6) is 5.75 Å². The van der Waals surface area contributed by atoms with E-state index < -0.39 is 6.10 Å². The van der Waals surface area contributed by atoms with Gasteiger partial charge >= 0.3 is 0 Å². The van der Waals surface area contributed by atoms with Crippen LogP contribution in [0.3, 0.4) is 0 Å². The molecule has 98 valence electrons. The summed E-state index contributed by atoms with van der Waals surface area (Å²) in [6.07, 6.45) is 1.73. The number of carbonyl (C=O) groups excluding carboxylic acids is 1. The molecule has 1 N–H and O–H groups in total. The van der Waals surface area contributed by atoms with E-state index in [0.717, 1.165) is 34.2 Å². The third-order valence-corrected chi connectivity index (χ3v) is 4.27. The summed E-state index contributed by atoms with van der Waals surface area (Å²) in [7, 11) is 0. The fourth-order valence-electron chi connectivity index (χ4n) is 1.78. The number of amides is 1. The van der Waals surface area contributed by atoms with Crippen molar-refractivity contribution in [3.8, 4) is 5.75 Å². The van der Waals surface area contributed by atoms with Crippen LogP contribution in [0.15, 0.2) is 16.6 Å². The number of rotatable bonds is 4. The van der Waals surface area contributed by atoms with Gasteiger partial charge in [-0.25, -0.2) is 0 Å². The molecule has 1 aromatic rings. The molecule has 3 nitrogen and oxygen atoms in total. The summed E-state index contributed by atoms with van der Waals surface area (Å²) in [6, 6.07) is 4.26. The Morgan fingerprint density at radius 3 is 2.44 bits per heavy atom. The molecule has 0 saturated heterocycles. The van der Waals surface area contributed by atoms with Crippen molar-refractivity contribution in [1.29, 1.82) is 0 Å². The van der Waals surface area contributed by atoms with Crippen LogP contribution in [0.1, 0.15) is 30.9 Å². The second kappa shape index (κ2) is 5.31. The molecule has 1 unspecified atom stereocenters. The Hall–Kier alpha value is -1.03. The first-order valence-corrected chi connectivity index (χ1v) is 7.00. The zero-order valence-corrected chi connectivity index (χ0v) is 12.5. The Kier molecular flexibility index (Phi) is 3.95. The molecule has 2 rings (SSSR count). The first-order chi connectivity index (χ1) is 8.47. The highest BCUT2D eigenvalue weighted by Crippen LogP contribution is 2.27. The van der Waals surface area contributed by atoms with E-state index in [1.165, 1.54) is 0 Å². The van der Waals surface area contributed by atoms with Gasteiger partial charge in [0.05, 0.1) is 0 Å². The van der Waals surface area contributed by atoms with Gasteiger partial charge in [-0.1, -0.05) is 15.9 Å². The van der Waals surface area contributed by atoms with E-state index in [1.54, 1.807) is 6.92 Å². The second-order valence-corrected chi connectivity index (χ2v) is 5.71. The maximum atomic E-state index is 11.8. The van der Waals surface area contributed by atoms with E-state index in [4.69, 9.17) is 4.74 Å². The van der Waals surface area contributed by atoms with Crippen LogP contribution in [0.25, 0.3) is 0 Å². The Labute approximate surface area is 116 Å². The number of hydrogen-bond acceptors (Lipinski definition) is 2. The van der Waals surface area contributed by atoms with Gasteiger partial charge in [-0.2, -0.15) is 0 Å². The van der Waals surface area contributed by atoms with Crippen molar-refractivity contribution in [2.24, 2.45) is 0 Å². The van der Waals surface area contributed by atoms with Crippen molar-refractivity contribution in [2.75, 3.05) is 0 Å². The zero-order valence-electron chi connectivity index (χ0n) is 10.9. The lowest BCUT2D eigenvalue weighted by atomic mass is 10.1. The van der Waals surface area contributed by atoms with Crippen molar-refractivity contribution >= 4 is 21.8 Å². The third-order valence-electron chi connectivity index (χ3n) is 3.02. The largest absolute Gasteiger partial charge is 0.481 e. The van der Waals surface area contributed by atoms with E-state index in [1.807, 2.05) is 26.0 Å². The highest BCUT2D eigenvalue weighted by Gasteiger charge is 2.26. The van der Waals surface area contributed by atoms with Gasteiger partial charge in [-0.3, -0.25) is 4.79 Å². The Morgan fingerprint density at radius 1 is 1.39 bits per heavy atom. The van der Waals surface area contributed by atoms with Crippen molar-refractivity contribution in [3.63, 3.8) is 0 Å². The number of aryl methyl sites for hydroxylation is 2. The highest BCUT2D eigenvalue weighted by atomic mass is 79.9. The molecule has 1 fully saturated rings. The maximum Gasteiger partial charge on any atom is 0.260 e. The van der Waals surface area contributed by atoms with Crippen molar-refractivity contribution in [2.45, 2.75) is 45.8 Å².